The number of aryl methyl sites for hydroxylation is 1. The van der Waals surface area contributed by atoms with E-state index in [9.17, 15) is 4.21 Å². The molecule has 0 spiro atoms. The van der Waals surface area contributed by atoms with E-state index in [0.29, 0.717) is 0 Å². The third-order valence-corrected chi connectivity index (χ3v) is 3.64. The second-order valence-corrected chi connectivity index (χ2v) is 6.14. The van der Waals surface area contributed by atoms with Crippen LogP contribution in [0.2, 0.25) is 0 Å². The lowest BCUT2D eigenvalue weighted by atomic mass is 9.91. The van der Waals surface area contributed by atoms with Crippen LogP contribution in [0.4, 0.5) is 0 Å². The van der Waals surface area contributed by atoms with Gasteiger partial charge in [0.15, 0.2) is 11.0 Å². The Bertz CT molecular complexity index is 413. The molecule has 0 aliphatic heterocycles. The first-order valence-corrected chi connectivity index (χ1v) is 6.46. The molecule has 0 aliphatic rings. The van der Waals surface area contributed by atoms with Gasteiger partial charge in [-0.05, 0) is 26.0 Å². The van der Waals surface area contributed by atoms with Crippen molar-refractivity contribution in [3.05, 3.63) is 29.8 Å². The van der Waals surface area contributed by atoms with Crippen LogP contribution in [0, 0.1) is 12.3 Å². The molecule has 0 unspecified atom stereocenters. The lowest BCUT2D eigenvalue weighted by molar-refractivity contribution is 0.588. The Morgan fingerprint density at radius 3 is 2.12 bits per heavy atom. The van der Waals surface area contributed by atoms with Crippen molar-refractivity contribution in [1.82, 2.24) is 0 Å². The summed E-state index contributed by atoms with van der Waals surface area (Å²) in [6.07, 6.45) is 0. The van der Waals surface area contributed by atoms with Crippen LogP contribution >= 0.6 is 0 Å². The van der Waals surface area contributed by atoms with E-state index in [1.165, 1.54) is 0 Å². The first-order valence-electron chi connectivity index (χ1n) is 5.35. The van der Waals surface area contributed by atoms with Crippen LogP contribution in [-0.4, -0.2) is 9.92 Å². The summed E-state index contributed by atoms with van der Waals surface area (Å²) in [6.45, 7) is 10.1. The van der Waals surface area contributed by atoms with Gasteiger partial charge in [0.1, 0.15) is 0 Å². The van der Waals surface area contributed by atoms with Gasteiger partial charge < -0.3 is 0 Å². The summed E-state index contributed by atoms with van der Waals surface area (Å²) >= 11 is 0. The van der Waals surface area contributed by atoms with Crippen LogP contribution in [0.3, 0.4) is 0 Å². The van der Waals surface area contributed by atoms with E-state index >= 15 is 0 Å². The van der Waals surface area contributed by atoms with Crippen LogP contribution in [0.5, 0.6) is 0 Å². The van der Waals surface area contributed by atoms with Gasteiger partial charge in [-0.3, -0.25) is 0 Å². The first-order chi connectivity index (χ1) is 7.30. The normalized spacial score (nSPS) is 14.9. The Labute approximate surface area is 100 Å². The lowest BCUT2D eigenvalue weighted by Crippen LogP contribution is -2.17. The number of hydrogen-bond donors (Lipinski definition) is 0. The fourth-order valence-electron chi connectivity index (χ4n) is 0.969. The van der Waals surface area contributed by atoms with Gasteiger partial charge in [0.05, 0.1) is 4.90 Å². The molecule has 16 heavy (non-hydrogen) atoms. The molecular weight excluding hydrogens is 218 g/mol. The van der Waals surface area contributed by atoms with Crippen molar-refractivity contribution < 1.29 is 4.21 Å². The van der Waals surface area contributed by atoms with Crippen molar-refractivity contribution in [3.63, 3.8) is 0 Å². The highest BCUT2D eigenvalue weighted by atomic mass is 32.2. The summed E-state index contributed by atoms with van der Waals surface area (Å²) in [7, 11) is -1.28. The maximum absolute atomic E-state index is 11.9. The van der Waals surface area contributed by atoms with Gasteiger partial charge in [-0.25, -0.2) is 4.21 Å². The molecular formula is C13H19NOS. The average molecular weight is 237 g/mol. The summed E-state index contributed by atoms with van der Waals surface area (Å²) in [4.78, 5) is 0.759. The molecule has 1 rings (SSSR count). The van der Waals surface area contributed by atoms with Crippen LogP contribution in [0.15, 0.2) is 33.6 Å². The van der Waals surface area contributed by atoms with Gasteiger partial charge in [-0.1, -0.05) is 38.5 Å². The van der Waals surface area contributed by atoms with E-state index in [2.05, 4.69) is 25.2 Å². The third-order valence-electron chi connectivity index (χ3n) is 2.53. The zero-order valence-corrected chi connectivity index (χ0v) is 11.4. The summed E-state index contributed by atoms with van der Waals surface area (Å²) in [5.41, 5.74) is 2.05. The highest BCUT2D eigenvalue weighted by Gasteiger charge is 2.15. The standard InChI is InChI=1S/C13H19NOS/c1-10-6-8-12(9-7-10)16(15)14-11(2)13(3,4)5/h6-9H,1-5H3/b14-11+/t16-/m0/s1. The van der Waals surface area contributed by atoms with Gasteiger partial charge in [0.2, 0.25) is 0 Å². The monoisotopic (exact) mass is 237 g/mol. The summed E-state index contributed by atoms with van der Waals surface area (Å²) < 4.78 is 16.2. The van der Waals surface area contributed by atoms with Crippen molar-refractivity contribution in [2.75, 3.05) is 0 Å². The Morgan fingerprint density at radius 2 is 1.69 bits per heavy atom. The van der Waals surface area contributed by atoms with Gasteiger partial charge in [-0.2, -0.15) is 4.40 Å². The quantitative estimate of drug-likeness (QED) is 0.724. The number of benzene rings is 1. The van der Waals surface area contributed by atoms with Gasteiger partial charge >= 0.3 is 0 Å². The van der Waals surface area contributed by atoms with Crippen LogP contribution in [0.1, 0.15) is 33.3 Å². The molecule has 0 saturated heterocycles. The maximum Gasteiger partial charge on any atom is 0.172 e. The number of rotatable bonds is 2. The smallest absolute Gasteiger partial charge is 0.172 e. The highest BCUT2D eigenvalue weighted by molar-refractivity contribution is 7.83. The van der Waals surface area contributed by atoms with Crippen LogP contribution < -0.4 is 0 Å². The van der Waals surface area contributed by atoms with Crippen molar-refractivity contribution in [1.29, 1.82) is 0 Å². The molecule has 88 valence electrons. The lowest BCUT2D eigenvalue weighted by Gasteiger charge is -2.17. The maximum atomic E-state index is 11.9. The molecule has 1 aromatic carbocycles. The molecule has 0 aliphatic carbocycles. The summed E-state index contributed by atoms with van der Waals surface area (Å²) in [5.74, 6) is 0. The molecule has 0 aromatic heterocycles. The molecule has 0 N–H and O–H groups in total. The summed E-state index contributed by atoms with van der Waals surface area (Å²) in [5, 5.41) is 0. The molecule has 0 heterocycles. The van der Waals surface area contributed by atoms with Crippen LogP contribution in [-0.2, 0) is 11.0 Å². The Hall–Kier alpha value is -0.960. The molecule has 0 amide bonds. The zero-order chi connectivity index (χ0) is 12.3. The minimum Gasteiger partial charge on any atom is -0.229 e. The summed E-state index contributed by atoms with van der Waals surface area (Å²) in [6, 6.07) is 7.64. The minimum absolute atomic E-state index is 0.0274. The molecule has 0 bridgehead atoms. The predicted octanol–water partition coefficient (Wildman–Crippen LogP) is 3.52. The number of nitrogens with zero attached hydrogens (tertiary/aromatic N) is 1. The number of hydrogen-bond acceptors (Lipinski definition) is 1. The second kappa shape index (κ2) is 4.91. The minimum atomic E-state index is -1.28. The molecule has 1 atom stereocenters. The van der Waals surface area contributed by atoms with E-state index in [-0.39, 0.29) is 5.41 Å². The van der Waals surface area contributed by atoms with Gasteiger partial charge in [0, 0.05) is 11.1 Å². The Morgan fingerprint density at radius 1 is 1.19 bits per heavy atom. The molecule has 2 nitrogen and oxygen atoms in total. The fraction of sp³-hybridized carbons (Fsp3) is 0.462. The molecule has 0 saturated carbocycles. The molecule has 1 aromatic rings. The fourth-order valence-corrected chi connectivity index (χ4v) is 1.97. The Balaban J connectivity index is 2.92. The SMILES string of the molecule is C/C(=N\[S@@](=O)c1ccc(C)cc1)C(C)(C)C. The first kappa shape index (κ1) is 13.1. The van der Waals surface area contributed by atoms with Crippen molar-refractivity contribution in [2.24, 2.45) is 9.81 Å². The third kappa shape index (κ3) is 3.56. The van der Waals surface area contributed by atoms with Gasteiger partial charge in [-0.15, -0.1) is 0 Å². The Kier molecular flexibility index (Phi) is 4.03. The predicted molar refractivity (Wildman–Crippen MR) is 70.2 cm³/mol. The van der Waals surface area contributed by atoms with Gasteiger partial charge in [0.25, 0.3) is 0 Å². The largest absolute Gasteiger partial charge is 0.229 e. The van der Waals surface area contributed by atoms with E-state index < -0.39 is 11.0 Å². The van der Waals surface area contributed by atoms with E-state index in [0.717, 1.165) is 16.2 Å². The highest BCUT2D eigenvalue weighted by Crippen LogP contribution is 2.18. The zero-order valence-electron chi connectivity index (χ0n) is 10.6. The topological polar surface area (TPSA) is 29.4 Å². The molecule has 0 fully saturated rings. The second-order valence-electron chi connectivity index (χ2n) is 4.99. The van der Waals surface area contributed by atoms with E-state index in [1.807, 2.05) is 38.1 Å². The molecule has 3 heteroatoms. The van der Waals surface area contributed by atoms with Crippen molar-refractivity contribution in [2.45, 2.75) is 39.5 Å². The van der Waals surface area contributed by atoms with E-state index in [1.54, 1.807) is 0 Å². The van der Waals surface area contributed by atoms with E-state index in [4.69, 9.17) is 0 Å². The average Bonchev–Trinajstić information content (AvgIpc) is 2.17. The van der Waals surface area contributed by atoms with Crippen molar-refractivity contribution in [3.8, 4) is 0 Å². The van der Waals surface area contributed by atoms with Crippen LogP contribution in [0.25, 0.3) is 0 Å². The molecule has 0 radical (unpaired) electrons. The van der Waals surface area contributed by atoms with Crippen molar-refractivity contribution >= 4 is 16.7 Å².